The summed E-state index contributed by atoms with van der Waals surface area (Å²) in [6.45, 7) is 0.760. The molecule has 1 aromatic rings. The average molecular weight is 346 g/mol. The number of carbonyl (C=O) groups excluding carboxylic acids is 1. The number of rotatable bonds is 8. The molecule has 0 heterocycles. The van der Waals surface area contributed by atoms with Crippen LogP contribution in [0.2, 0.25) is 10.0 Å². The third-order valence-corrected chi connectivity index (χ3v) is 3.72. The first kappa shape index (κ1) is 18.7. The zero-order valence-electron chi connectivity index (χ0n) is 12.3. The Morgan fingerprint density at radius 2 is 1.82 bits per heavy atom. The van der Waals surface area contributed by atoms with E-state index in [2.05, 4.69) is 10.3 Å². The van der Waals surface area contributed by atoms with Crippen molar-refractivity contribution in [3.8, 4) is 0 Å². The van der Waals surface area contributed by atoms with Gasteiger partial charge in [0.25, 0.3) is 0 Å². The van der Waals surface area contributed by atoms with Crippen molar-refractivity contribution in [3.63, 3.8) is 0 Å². The number of hydrogen-bond donors (Lipinski definition) is 3. The fraction of sp³-hybridized carbons (Fsp3) is 0.467. The molecule has 122 valence electrons. The molecular weight excluding hydrogens is 325 g/mol. The van der Waals surface area contributed by atoms with Crippen molar-refractivity contribution >= 4 is 35.1 Å². The van der Waals surface area contributed by atoms with Crippen LogP contribution in [0.1, 0.15) is 31.2 Å². The van der Waals surface area contributed by atoms with Gasteiger partial charge in [0, 0.05) is 23.2 Å². The molecular formula is C15H21Cl2N3O2. The highest BCUT2D eigenvalue weighted by Crippen LogP contribution is 2.24. The molecule has 4 N–H and O–H groups in total. The minimum atomic E-state index is -0.309. The Labute approximate surface area is 140 Å². The molecule has 1 aromatic carbocycles. The number of aliphatic hydroxyl groups excluding tert-OH is 1. The number of guanidine groups is 1. The number of carbonyl (C=O) groups is 1. The van der Waals surface area contributed by atoms with E-state index in [1.807, 2.05) is 0 Å². The van der Waals surface area contributed by atoms with Crippen molar-refractivity contribution in [1.29, 1.82) is 0 Å². The minimum Gasteiger partial charge on any atom is -0.396 e. The molecule has 0 atom stereocenters. The van der Waals surface area contributed by atoms with Gasteiger partial charge < -0.3 is 10.8 Å². The maximum atomic E-state index is 11.9. The number of benzene rings is 1. The summed E-state index contributed by atoms with van der Waals surface area (Å²) in [6, 6.07) is 5.08. The van der Waals surface area contributed by atoms with Crippen LogP contribution in [0.3, 0.4) is 0 Å². The van der Waals surface area contributed by atoms with E-state index in [0.29, 0.717) is 22.2 Å². The van der Waals surface area contributed by atoms with Crippen molar-refractivity contribution in [2.45, 2.75) is 32.1 Å². The van der Waals surface area contributed by atoms with Crippen LogP contribution in [-0.4, -0.2) is 30.1 Å². The van der Waals surface area contributed by atoms with Crippen LogP contribution < -0.4 is 11.1 Å². The Morgan fingerprint density at radius 1 is 1.18 bits per heavy atom. The van der Waals surface area contributed by atoms with Gasteiger partial charge in [0.1, 0.15) is 0 Å². The van der Waals surface area contributed by atoms with E-state index in [-0.39, 0.29) is 24.9 Å². The number of halogens is 2. The quantitative estimate of drug-likeness (QED) is 0.384. The first-order valence-electron chi connectivity index (χ1n) is 7.18. The second-order valence-corrected chi connectivity index (χ2v) is 5.64. The number of unbranched alkanes of at least 4 members (excludes halogenated alkanes) is 3. The zero-order chi connectivity index (χ0) is 16.4. The normalized spacial score (nSPS) is 11.5. The van der Waals surface area contributed by atoms with Crippen LogP contribution >= 0.6 is 23.2 Å². The molecule has 0 aliphatic carbocycles. The van der Waals surface area contributed by atoms with Crippen LogP contribution in [0, 0.1) is 0 Å². The highest BCUT2D eigenvalue weighted by molar-refractivity contribution is 6.36. The van der Waals surface area contributed by atoms with Crippen LogP contribution in [0.15, 0.2) is 23.2 Å². The fourth-order valence-corrected chi connectivity index (χ4v) is 2.40. The first-order valence-corrected chi connectivity index (χ1v) is 7.93. The summed E-state index contributed by atoms with van der Waals surface area (Å²) in [5, 5.41) is 12.1. The fourth-order valence-electron chi connectivity index (χ4n) is 1.87. The van der Waals surface area contributed by atoms with Gasteiger partial charge in [0.15, 0.2) is 5.96 Å². The summed E-state index contributed by atoms with van der Waals surface area (Å²) in [5.41, 5.74) is 6.23. The molecule has 0 fully saturated rings. The molecule has 22 heavy (non-hydrogen) atoms. The number of nitrogens with one attached hydrogen (secondary N) is 1. The van der Waals surface area contributed by atoms with Crippen LogP contribution in [0.4, 0.5) is 0 Å². The number of nitrogens with zero attached hydrogens (tertiary/aromatic N) is 1. The first-order chi connectivity index (χ1) is 10.5. The lowest BCUT2D eigenvalue weighted by Gasteiger charge is -2.07. The summed E-state index contributed by atoms with van der Waals surface area (Å²) < 4.78 is 0. The standard InChI is InChI=1S/C15H21Cl2N3O2/c16-12-6-5-7-13(17)11(12)10-14(22)20-15(18)19-8-3-1-2-4-9-21/h5-7,21H,1-4,8-10H2,(H3,18,19,20,22). The van der Waals surface area contributed by atoms with E-state index in [1.54, 1.807) is 18.2 Å². The van der Waals surface area contributed by atoms with Gasteiger partial charge in [0.05, 0.1) is 6.42 Å². The number of aliphatic hydroxyl groups is 1. The van der Waals surface area contributed by atoms with Crippen LogP contribution in [-0.2, 0) is 11.2 Å². The molecule has 0 aliphatic rings. The number of aliphatic imine (C=N–C) groups is 1. The Kier molecular flexibility index (Phi) is 8.89. The van der Waals surface area contributed by atoms with Gasteiger partial charge in [-0.3, -0.25) is 15.1 Å². The van der Waals surface area contributed by atoms with E-state index in [1.165, 1.54) is 0 Å². The van der Waals surface area contributed by atoms with Crippen molar-refractivity contribution in [3.05, 3.63) is 33.8 Å². The molecule has 0 aliphatic heterocycles. The lowest BCUT2D eigenvalue weighted by molar-refractivity contribution is -0.119. The Morgan fingerprint density at radius 3 is 2.45 bits per heavy atom. The summed E-state index contributed by atoms with van der Waals surface area (Å²) in [7, 11) is 0. The third-order valence-electron chi connectivity index (χ3n) is 3.01. The van der Waals surface area contributed by atoms with E-state index >= 15 is 0 Å². The topological polar surface area (TPSA) is 87.7 Å². The van der Waals surface area contributed by atoms with Gasteiger partial charge >= 0.3 is 0 Å². The molecule has 1 rings (SSSR count). The van der Waals surface area contributed by atoms with Crippen molar-refractivity contribution in [2.24, 2.45) is 10.7 Å². The van der Waals surface area contributed by atoms with Gasteiger partial charge in [0.2, 0.25) is 5.91 Å². The molecule has 0 saturated carbocycles. The van der Waals surface area contributed by atoms with Crippen molar-refractivity contribution in [2.75, 3.05) is 13.2 Å². The largest absolute Gasteiger partial charge is 0.396 e. The average Bonchev–Trinajstić information content (AvgIpc) is 2.46. The molecule has 0 bridgehead atoms. The summed E-state index contributed by atoms with van der Waals surface area (Å²) in [6.07, 6.45) is 3.65. The zero-order valence-corrected chi connectivity index (χ0v) is 13.8. The second-order valence-electron chi connectivity index (χ2n) is 4.83. The van der Waals surface area contributed by atoms with Gasteiger partial charge in [-0.05, 0) is 30.5 Å². The van der Waals surface area contributed by atoms with E-state index in [0.717, 1.165) is 25.7 Å². The molecule has 1 amide bonds. The Balaban J connectivity index is 2.38. The van der Waals surface area contributed by atoms with Crippen molar-refractivity contribution < 1.29 is 9.90 Å². The molecule has 0 unspecified atom stereocenters. The Bertz CT molecular complexity index is 501. The molecule has 0 saturated heterocycles. The minimum absolute atomic E-state index is 0.0469. The second kappa shape index (κ2) is 10.4. The number of amides is 1. The predicted octanol–water partition coefficient (Wildman–Crippen LogP) is 2.52. The summed E-state index contributed by atoms with van der Waals surface area (Å²) in [5.74, 6) is -0.216. The molecule has 5 nitrogen and oxygen atoms in total. The van der Waals surface area contributed by atoms with Gasteiger partial charge in [-0.25, -0.2) is 0 Å². The maximum Gasteiger partial charge on any atom is 0.231 e. The van der Waals surface area contributed by atoms with Crippen LogP contribution in [0.25, 0.3) is 0 Å². The molecule has 0 aromatic heterocycles. The molecule has 0 spiro atoms. The Hall–Kier alpha value is -1.30. The van der Waals surface area contributed by atoms with Crippen LogP contribution in [0.5, 0.6) is 0 Å². The third kappa shape index (κ3) is 7.11. The van der Waals surface area contributed by atoms with E-state index < -0.39 is 0 Å². The maximum absolute atomic E-state index is 11.9. The van der Waals surface area contributed by atoms with Gasteiger partial charge in [-0.1, -0.05) is 42.1 Å². The SMILES string of the molecule is NC(=NCCCCCCO)NC(=O)Cc1c(Cl)cccc1Cl. The smallest absolute Gasteiger partial charge is 0.231 e. The highest BCUT2D eigenvalue weighted by atomic mass is 35.5. The highest BCUT2D eigenvalue weighted by Gasteiger charge is 2.11. The van der Waals surface area contributed by atoms with Crippen molar-refractivity contribution in [1.82, 2.24) is 5.32 Å². The summed E-state index contributed by atoms with van der Waals surface area (Å²) >= 11 is 12.0. The number of nitrogens with two attached hydrogens (primary N) is 1. The van der Waals surface area contributed by atoms with E-state index in [9.17, 15) is 4.79 Å². The summed E-state index contributed by atoms with van der Waals surface area (Å²) in [4.78, 5) is 16.0. The van der Waals surface area contributed by atoms with Gasteiger partial charge in [-0.2, -0.15) is 0 Å². The van der Waals surface area contributed by atoms with Gasteiger partial charge in [-0.15, -0.1) is 0 Å². The molecule has 0 radical (unpaired) electrons. The predicted molar refractivity (Wildman–Crippen MR) is 90.4 cm³/mol. The lowest BCUT2D eigenvalue weighted by Crippen LogP contribution is -2.38. The number of hydrogen-bond acceptors (Lipinski definition) is 3. The molecule has 7 heteroatoms. The monoisotopic (exact) mass is 345 g/mol. The lowest BCUT2D eigenvalue weighted by atomic mass is 10.1. The van der Waals surface area contributed by atoms with E-state index in [4.69, 9.17) is 34.0 Å².